The van der Waals surface area contributed by atoms with Gasteiger partial charge in [0, 0.05) is 18.1 Å². The highest BCUT2D eigenvalue weighted by atomic mass is 79.9. The first-order valence-corrected chi connectivity index (χ1v) is 4.71. The molecular formula is C8H14BrN. The van der Waals surface area contributed by atoms with E-state index in [1.54, 1.807) is 0 Å². The molecule has 2 heteroatoms. The largest absolute Gasteiger partial charge is 0.293 e. The molecule has 10 heavy (non-hydrogen) atoms. The van der Waals surface area contributed by atoms with E-state index in [9.17, 15) is 0 Å². The van der Waals surface area contributed by atoms with Crippen molar-refractivity contribution in [2.75, 3.05) is 11.9 Å². The van der Waals surface area contributed by atoms with Crippen LogP contribution in [0, 0.1) is 0 Å². The molecule has 0 saturated carbocycles. The van der Waals surface area contributed by atoms with Gasteiger partial charge in [-0.25, -0.2) is 0 Å². The van der Waals surface area contributed by atoms with Gasteiger partial charge in [-0.1, -0.05) is 28.4 Å². The normalized spacial score (nSPS) is 12.9. The third-order valence-corrected chi connectivity index (χ3v) is 1.94. The van der Waals surface area contributed by atoms with E-state index in [4.69, 9.17) is 0 Å². The lowest BCUT2D eigenvalue weighted by molar-refractivity contribution is 1.11. The quantitative estimate of drug-likeness (QED) is 0.493. The third-order valence-electron chi connectivity index (χ3n) is 1.22. The summed E-state index contributed by atoms with van der Waals surface area (Å²) in [7, 11) is 0. The van der Waals surface area contributed by atoms with Gasteiger partial charge in [0.05, 0.1) is 0 Å². The molecule has 0 atom stereocenters. The summed E-state index contributed by atoms with van der Waals surface area (Å²) in [6, 6.07) is 0. The summed E-state index contributed by atoms with van der Waals surface area (Å²) in [5, 5.41) is 0.958. The maximum atomic E-state index is 4.09. The van der Waals surface area contributed by atoms with Crippen molar-refractivity contribution >= 4 is 22.1 Å². The lowest BCUT2D eigenvalue weighted by Gasteiger charge is -1.93. The van der Waals surface area contributed by atoms with Gasteiger partial charge >= 0.3 is 0 Å². The number of hydrogen-bond acceptors (Lipinski definition) is 1. The lowest BCUT2D eigenvalue weighted by atomic mass is 10.2. The molecule has 0 aromatic heterocycles. The summed E-state index contributed by atoms with van der Waals surface area (Å²) in [6.07, 6.45) is 5.04. The lowest BCUT2D eigenvalue weighted by Crippen LogP contribution is -1.82. The van der Waals surface area contributed by atoms with Crippen molar-refractivity contribution in [1.29, 1.82) is 0 Å². The molecule has 0 aliphatic heterocycles. The smallest absolute Gasteiger partial charge is 0.0360 e. The van der Waals surface area contributed by atoms with Gasteiger partial charge in [0.2, 0.25) is 0 Å². The molecule has 0 radical (unpaired) electrons. The van der Waals surface area contributed by atoms with Crippen molar-refractivity contribution in [3.63, 3.8) is 0 Å². The van der Waals surface area contributed by atoms with E-state index >= 15 is 0 Å². The molecule has 0 aliphatic rings. The van der Waals surface area contributed by atoms with Gasteiger partial charge in [0.25, 0.3) is 0 Å². The second-order valence-electron chi connectivity index (χ2n) is 1.96. The van der Waals surface area contributed by atoms with E-state index in [2.05, 4.69) is 33.9 Å². The van der Waals surface area contributed by atoms with E-state index in [1.807, 2.05) is 13.1 Å². The van der Waals surface area contributed by atoms with Gasteiger partial charge in [0.1, 0.15) is 0 Å². The van der Waals surface area contributed by atoms with E-state index in [0.29, 0.717) is 0 Å². The summed E-state index contributed by atoms with van der Waals surface area (Å²) < 4.78 is 0. The van der Waals surface area contributed by atoms with Crippen molar-refractivity contribution in [2.24, 2.45) is 4.99 Å². The number of nitrogens with zero attached hydrogens (tertiary/aromatic N) is 1. The third kappa shape index (κ3) is 4.74. The Kier molecular flexibility index (Phi) is 6.93. The number of alkyl halides is 1. The molecule has 1 nitrogen and oxygen atoms in total. The van der Waals surface area contributed by atoms with Crippen LogP contribution in [0.2, 0.25) is 0 Å². The molecule has 0 aliphatic carbocycles. The van der Waals surface area contributed by atoms with Crippen molar-refractivity contribution in [3.8, 4) is 0 Å². The van der Waals surface area contributed by atoms with Crippen LogP contribution in [0.4, 0.5) is 0 Å². The van der Waals surface area contributed by atoms with Crippen LogP contribution in [0.25, 0.3) is 0 Å². The van der Waals surface area contributed by atoms with Crippen LogP contribution < -0.4 is 0 Å². The molecule has 0 amide bonds. The zero-order valence-corrected chi connectivity index (χ0v) is 8.19. The number of hydrogen-bond donors (Lipinski definition) is 0. The first-order valence-electron chi connectivity index (χ1n) is 3.59. The minimum absolute atomic E-state index is 0.871. The van der Waals surface area contributed by atoms with E-state index in [-0.39, 0.29) is 0 Å². The maximum absolute atomic E-state index is 4.09. The highest BCUT2D eigenvalue weighted by molar-refractivity contribution is 9.09. The van der Waals surface area contributed by atoms with E-state index in [1.165, 1.54) is 5.57 Å². The summed E-state index contributed by atoms with van der Waals surface area (Å²) in [5.41, 5.74) is 1.39. The average molecular weight is 204 g/mol. The Bertz CT molecular complexity index is 121. The van der Waals surface area contributed by atoms with Crippen LogP contribution in [0.3, 0.4) is 0 Å². The summed E-state index contributed by atoms with van der Waals surface area (Å²) in [5.74, 6) is 0. The molecular weight excluding hydrogens is 190 g/mol. The summed E-state index contributed by atoms with van der Waals surface area (Å²) >= 11 is 3.40. The molecule has 0 rings (SSSR count). The molecule has 0 bridgehead atoms. The number of aliphatic imine (C=N–C) groups is 1. The van der Waals surface area contributed by atoms with Gasteiger partial charge in [-0.3, -0.25) is 4.99 Å². The standard InChI is InChI=1S/C8H14BrN/c1-3-8(7-9)5-6-10-4-2/h5-6H,3-4,7H2,1-2H3/b8-5+,10-6?. The number of halogens is 1. The van der Waals surface area contributed by atoms with Crippen molar-refractivity contribution in [3.05, 3.63) is 11.6 Å². The fourth-order valence-corrected chi connectivity index (χ4v) is 1.10. The molecule has 0 saturated heterocycles. The zero-order chi connectivity index (χ0) is 7.82. The zero-order valence-electron chi connectivity index (χ0n) is 6.60. The van der Waals surface area contributed by atoms with E-state index < -0.39 is 0 Å². The van der Waals surface area contributed by atoms with E-state index in [0.717, 1.165) is 18.3 Å². The minimum atomic E-state index is 0.871. The summed E-state index contributed by atoms with van der Waals surface area (Å²) in [4.78, 5) is 4.09. The molecule has 58 valence electrons. The second-order valence-corrected chi connectivity index (χ2v) is 2.52. The number of allylic oxidation sites excluding steroid dienone is 2. The van der Waals surface area contributed by atoms with Gasteiger partial charge in [-0.05, 0) is 19.4 Å². The van der Waals surface area contributed by atoms with Crippen LogP contribution >= 0.6 is 15.9 Å². The molecule has 0 unspecified atom stereocenters. The fourth-order valence-electron chi connectivity index (χ4n) is 0.520. The highest BCUT2D eigenvalue weighted by Gasteiger charge is 1.86. The van der Waals surface area contributed by atoms with Gasteiger partial charge in [-0.15, -0.1) is 0 Å². The SMILES string of the molecule is CCN=C/C=C(\CC)CBr. The Morgan fingerprint density at radius 1 is 1.50 bits per heavy atom. The average Bonchev–Trinajstić information content (AvgIpc) is 1.99. The first-order chi connectivity index (χ1) is 4.85. The fraction of sp³-hybridized carbons (Fsp3) is 0.625. The first kappa shape index (κ1) is 9.89. The molecule has 0 aromatic carbocycles. The number of rotatable bonds is 4. The molecule has 0 spiro atoms. The Labute approximate surface area is 71.4 Å². The minimum Gasteiger partial charge on any atom is -0.293 e. The van der Waals surface area contributed by atoms with Gasteiger partial charge in [-0.2, -0.15) is 0 Å². The van der Waals surface area contributed by atoms with Gasteiger partial charge < -0.3 is 0 Å². The molecule has 0 aromatic rings. The predicted octanol–water partition coefficient (Wildman–Crippen LogP) is 2.81. The Morgan fingerprint density at radius 2 is 2.20 bits per heavy atom. The van der Waals surface area contributed by atoms with Crippen LogP contribution in [-0.2, 0) is 0 Å². The Morgan fingerprint density at radius 3 is 2.60 bits per heavy atom. The molecule has 0 heterocycles. The monoisotopic (exact) mass is 203 g/mol. The molecule has 0 N–H and O–H groups in total. The highest BCUT2D eigenvalue weighted by Crippen LogP contribution is 2.02. The second kappa shape index (κ2) is 7.00. The van der Waals surface area contributed by atoms with Crippen molar-refractivity contribution in [2.45, 2.75) is 20.3 Å². The topological polar surface area (TPSA) is 12.4 Å². The molecule has 0 fully saturated rings. The Hall–Kier alpha value is -0.110. The van der Waals surface area contributed by atoms with Crippen molar-refractivity contribution < 1.29 is 0 Å². The van der Waals surface area contributed by atoms with Crippen LogP contribution in [0.5, 0.6) is 0 Å². The van der Waals surface area contributed by atoms with Crippen molar-refractivity contribution in [1.82, 2.24) is 0 Å². The van der Waals surface area contributed by atoms with Gasteiger partial charge in [0.15, 0.2) is 0 Å². The Balaban J connectivity index is 3.74. The predicted molar refractivity (Wildman–Crippen MR) is 51.2 cm³/mol. The summed E-state index contributed by atoms with van der Waals surface area (Å²) in [6.45, 7) is 5.05. The van der Waals surface area contributed by atoms with Crippen LogP contribution in [0.1, 0.15) is 20.3 Å². The van der Waals surface area contributed by atoms with Crippen LogP contribution in [-0.4, -0.2) is 18.1 Å². The van der Waals surface area contributed by atoms with Crippen LogP contribution in [0.15, 0.2) is 16.6 Å². The maximum Gasteiger partial charge on any atom is 0.0360 e.